The second kappa shape index (κ2) is 4.56. The summed E-state index contributed by atoms with van der Waals surface area (Å²) in [6, 6.07) is 18.1. The average molecular weight is 322 g/mol. The summed E-state index contributed by atoms with van der Waals surface area (Å²) >= 11 is 2.07. The molecule has 2 aromatic carbocycles. The van der Waals surface area contributed by atoms with E-state index in [0.29, 0.717) is 5.25 Å². The van der Waals surface area contributed by atoms with Crippen LogP contribution in [-0.4, -0.2) is 23.0 Å². The van der Waals surface area contributed by atoms with Crippen LogP contribution in [0, 0.1) is 0 Å². The SMILES string of the molecule is CS12c3ccccc3C=C3CSCC(=Cc4ccccc41)C32. The van der Waals surface area contributed by atoms with E-state index < -0.39 is 10.0 Å². The molecule has 0 amide bonds. The zero-order chi connectivity index (χ0) is 14.7. The summed E-state index contributed by atoms with van der Waals surface area (Å²) in [5, 5.41) is 0.638. The predicted octanol–water partition coefficient (Wildman–Crippen LogP) is 5.45. The van der Waals surface area contributed by atoms with E-state index in [1.54, 1.807) is 20.9 Å². The molecule has 0 N–H and O–H groups in total. The molecule has 0 unspecified atom stereocenters. The summed E-state index contributed by atoms with van der Waals surface area (Å²) in [6.07, 6.45) is 7.50. The van der Waals surface area contributed by atoms with Gasteiger partial charge < -0.3 is 0 Å². The molecule has 3 heterocycles. The molecule has 1 fully saturated rings. The minimum absolute atomic E-state index is 0.638. The van der Waals surface area contributed by atoms with Crippen LogP contribution in [0.1, 0.15) is 11.1 Å². The Balaban J connectivity index is 1.91. The highest BCUT2D eigenvalue weighted by Crippen LogP contribution is 2.72. The average Bonchev–Trinajstić information content (AvgIpc) is 2.55. The van der Waals surface area contributed by atoms with Crippen molar-refractivity contribution >= 4 is 33.9 Å². The predicted molar refractivity (Wildman–Crippen MR) is 100.0 cm³/mol. The van der Waals surface area contributed by atoms with Gasteiger partial charge in [-0.2, -0.15) is 21.8 Å². The van der Waals surface area contributed by atoms with Crippen molar-refractivity contribution in [3.05, 3.63) is 70.8 Å². The Labute approximate surface area is 137 Å². The molecule has 0 atom stereocenters. The van der Waals surface area contributed by atoms with E-state index in [4.69, 9.17) is 0 Å². The van der Waals surface area contributed by atoms with Crippen LogP contribution in [0.5, 0.6) is 0 Å². The van der Waals surface area contributed by atoms with Crippen LogP contribution in [0.15, 0.2) is 69.5 Å². The maximum Gasteiger partial charge on any atom is 0.0407 e. The summed E-state index contributed by atoms with van der Waals surface area (Å²) in [7, 11) is -1.01. The molecule has 1 saturated heterocycles. The molecular formula is C20H18S2. The lowest BCUT2D eigenvalue weighted by Crippen LogP contribution is -2.33. The van der Waals surface area contributed by atoms with Crippen LogP contribution in [-0.2, 0) is 0 Å². The molecule has 3 aliphatic rings. The largest absolute Gasteiger partial charge is 0.179 e. The fourth-order valence-electron chi connectivity index (χ4n) is 4.26. The zero-order valence-corrected chi connectivity index (χ0v) is 14.2. The molecular weight excluding hydrogens is 304 g/mol. The van der Waals surface area contributed by atoms with E-state index in [9.17, 15) is 0 Å². The number of rotatable bonds is 0. The molecule has 22 heavy (non-hydrogen) atoms. The molecule has 0 aromatic heterocycles. The summed E-state index contributed by atoms with van der Waals surface area (Å²) in [4.78, 5) is 3.16. The Hall–Kier alpha value is -1.38. The number of hydrogen-bond acceptors (Lipinski definition) is 1. The maximum atomic E-state index is 2.55. The summed E-state index contributed by atoms with van der Waals surface area (Å²) in [6.45, 7) is 0. The van der Waals surface area contributed by atoms with Crippen LogP contribution in [0.25, 0.3) is 12.2 Å². The molecule has 2 aromatic rings. The second-order valence-corrected chi connectivity index (χ2v) is 10.7. The summed E-state index contributed by atoms with van der Waals surface area (Å²) in [5.74, 6) is 2.39. The van der Waals surface area contributed by atoms with Crippen LogP contribution < -0.4 is 0 Å². The third-order valence-electron chi connectivity index (χ3n) is 5.12. The maximum absolute atomic E-state index is 2.55. The van der Waals surface area contributed by atoms with Gasteiger partial charge in [-0.1, -0.05) is 48.6 Å². The molecule has 5 rings (SSSR count). The lowest BCUT2D eigenvalue weighted by molar-refractivity contribution is 1.06. The molecule has 2 heteroatoms. The van der Waals surface area contributed by atoms with Crippen molar-refractivity contribution in [2.75, 3.05) is 17.8 Å². The number of fused-ring (bicyclic) bond motifs is 4. The summed E-state index contributed by atoms with van der Waals surface area (Å²) < 4.78 is 0. The molecule has 110 valence electrons. The quantitative estimate of drug-likeness (QED) is 0.621. The molecule has 0 spiro atoms. The lowest BCUT2D eigenvalue weighted by Gasteiger charge is -2.53. The monoisotopic (exact) mass is 322 g/mol. The van der Waals surface area contributed by atoms with E-state index >= 15 is 0 Å². The van der Waals surface area contributed by atoms with Crippen molar-refractivity contribution in [3.8, 4) is 0 Å². The van der Waals surface area contributed by atoms with E-state index in [0.717, 1.165) is 0 Å². The number of benzene rings is 2. The molecule has 0 radical (unpaired) electrons. The third kappa shape index (κ3) is 1.57. The van der Waals surface area contributed by atoms with Gasteiger partial charge in [0.15, 0.2) is 0 Å². The van der Waals surface area contributed by atoms with Gasteiger partial charge in [0.25, 0.3) is 0 Å². The van der Waals surface area contributed by atoms with Gasteiger partial charge in [-0.25, -0.2) is 0 Å². The first-order valence-electron chi connectivity index (χ1n) is 7.72. The van der Waals surface area contributed by atoms with Gasteiger partial charge in [-0.05, 0) is 40.7 Å². The molecule has 0 nitrogen and oxygen atoms in total. The van der Waals surface area contributed by atoms with Crippen molar-refractivity contribution in [2.45, 2.75) is 15.0 Å². The first-order valence-corrected chi connectivity index (χ1v) is 11.0. The van der Waals surface area contributed by atoms with Crippen molar-refractivity contribution in [3.63, 3.8) is 0 Å². The topological polar surface area (TPSA) is 0 Å². The Morgan fingerprint density at radius 2 is 1.32 bits per heavy atom. The third-order valence-corrected chi connectivity index (χ3v) is 10.3. The molecule has 0 bridgehead atoms. The van der Waals surface area contributed by atoms with E-state index in [2.05, 4.69) is 78.7 Å². The Morgan fingerprint density at radius 3 is 1.86 bits per heavy atom. The van der Waals surface area contributed by atoms with Crippen molar-refractivity contribution < 1.29 is 0 Å². The van der Waals surface area contributed by atoms with Gasteiger partial charge in [0, 0.05) is 26.5 Å². The standard InChI is InChI=1S/C20H18S2/c1-22-18-8-4-2-6-14(18)10-16-12-21-13-17(20(16)22)11-15-7-3-5-9-19(15)22/h2-11,20H,12-13H2,1H3. The van der Waals surface area contributed by atoms with Gasteiger partial charge in [0.05, 0.1) is 0 Å². The highest BCUT2D eigenvalue weighted by atomic mass is 32.3. The lowest BCUT2D eigenvalue weighted by atomic mass is 10.00. The molecule has 3 aliphatic heterocycles. The fraction of sp³-hybridized carbons (Fsp3) is 0.200. The van der Waals surface area contributed by atoms with Gasteiger partial charge in [0.1, 0.15) is 0 Å². The number of hydrogen-bond donors (Lipinski definition) is 0. The van der Waals surface area contributed by atoms with Crippen LogP contribution >= 0.6 is 21.8 Å². The van der Waals surface area contributed by atoms with Gasteiger partial charge in [0.2, 0.25) is 0 Å². The molecule has 0 saturated carbocycles. The van der Waals surface area contributed by atoms with Crippen molar-refractivity contribution in [1.29, 1.82) is 0 Å². The Kier molecular flexibility index (Phi) is 2.71. The van der Waals surface area contributed by atoms with Crippen LogP contribution in [0.4, 0.5) is 0 Å². The first-order chi connectivity index (χ1) is 10.8. The zero-order valence-electron chi connectivity index (χ0n) is 12.6. The molecule has 0 aliphatic carbocycles. The summed E-state index contributed by atoms with van der Waals surface area (Å²) in [5.41, 5.74) is 6.19. The fourth-order valence-corrected chi connectivity index (χ4v) is 9.76. The van der Waals surface area contributed by atoms with Gasteiger partial charge in [-0.3, -0.25) is 0 Å². The smallest absolute Gasteiger partial charge is 0.0407 e. The first kappa shape index (κ1) is 13.1. The van der Waals surface area contributed by atoms with Gasteiger partial charge in [-0.15, -0.1) is 0 Å². The highest BCUT2D eigenvalue weighted by molar-refractivity contribution is 8.34. The van der Waals surface area contributed by atoms with E-state index in [-0.39, 0.29) is 0 Å². The minimum atomic E-state index is -1.01. The normalized spacial score (nSPS) is 30.9. The number of thioether (sulfide) groups is 1. The Bertz CT molecular complexity index is 779. The minimum Gasteiger partial charge on any atom is -0.179 e. The van der Waals surface area contributed by atoms with Crippen LogP contribution in [0.2, 0.25) is 0 Å². The van der Waals surface area contributed by atoms with Crippen molar-refractivity contribution in [2.24, 2.45) is 0 Å². The second-order valence-electron chi connectivity index (χ2n) is 6.37. The van der Waals surface area contributed by atoms with E-state index in [1.165, 1.54) is 22.6 Å². The van der Waals surface area contributed by atoms with Gasteiger partial charge >= 0.3 is 0 Å². The van der Waals surface area contributed by atoms with Crippen LogP contribution in [0.3, 0.4) is 0 Å². The highest BCUT2D eigenvalue weighted by Gasteiger charge is 2.45. The van der Waals surface area contributed by atoms with Crippen molar-refractivity contribution in [1.82, 2.24) is 0 Å². The van der Waals surface area contributed by atoms with E-state index in [1.807, 2.05) is 0 Å². The Morgan fingerprint density at radius 1 is 0.818 bits per heavy atom.